The van der Waals surface area contributed by atoms with Crippen LogP contribution in [0.5, 0.6) is 0 Å². The van der Waals surface area contributed by atoms with E-state index < -0.39 is 0 Å². The molecule has 0 spiro atoms. The van der Waals surface area contributed by atoms with Crippen molar-refractivity contribution < 1.29 is 4.79 Å². The van der Waals surface area contributed by atoms with Gasteiger partial charge < -0.3 is 4.90 Å². The number of fused-ring (bicyclic) bond motifs is 1. The summed E-state index contributed by atoms with van der Waals surface area (Å²) in [4.78, 5) is 20.0. The van der Waals surface area contributed by atoms with Crippen molar-refractivity contribution in [3.8, 4) is 0 Å². The van der Waals surface area contributed by atoms with Gasteiger partial charge in [0.25, 0.3) is 0 Å². The second-order valence-corrected chi connectivity index (χ2v) is 7.44. The first-order valence-corrected chi connectivity index (χ1v) is 7.91. The Morgan fingerprint density at radius 3 is 2.74 bits per heavy atom. The Bertz CT molecular complexity index is 478. The van der Waals surface area contributed by atoms with E-state index in [9.17, 15) is 4.79 Å². The fraction of sp³-hybridized carbons (Fsp3) is 0.733. The molecule has 0 aliphatic heterocycles. The van der Waals surface area contributed by atoms with Crippen molar-refractivity contribution in [2.45, 2.75) is 59.4 Å². The zero-order chi connectivity index (χ0) is 14.2. The van der Waals surface area contributed by atoms with Crippen LogP contribution in [0.4, 0.5) is 5.13 Å². The molecule has 1 aliphatic carbocycles. The molecule has 3 nitrogen and oxygen atoms in total. The Labute approximate surface area is 120 Å². The largest absolute Gasteiger partial charge is 0.348 e. The lowest BCUT2D eigenvalue weighted by Gasteiger charge is -2.26. The van der Waals surface area contributed by atoms with Gasteiger partial charge in [0.1, 0.15) is 0 Å². The van der Waals surface area contributed by atoms with E-state index in [1.54, 1.807) is 11.3 Å². The van der Waals surface area contributed by atoms with E-state index in [1.165, 1.54) is 6.42 Å². The van der Waals surface area contributed by atoms with Crippen molar-refractivity contribution in [2.75, 3.05) is 11.9 Å². The molecule has 0 saturated carbocycles. The second kappa shape index (κ2) is 5.23. The summed E-state index contributed by atoms with van der Waals surface area (Å²) >= 11 is 1.57. The standard InChI is InChI=1S/C15H24N2OS/c1-6-7-10(2)17(5)14-16-11-8-15(3,4)9-12(18)13(11)19-14/h10H,6-9H2,1-5H3. The Kier molecular flexibility index (Phi) is 4.00. The van der Waals surface area contributed by atoms with Crippen LogP contribution in [-0.2, 0) is 6.42 Å². The SMILES string of the molecule is CCCC(C)N(C)c1nc2c(s1)C(=O)CC(C)(C)C2. The summed E-state index contributed by atoms with van der Waals surface area (Å²) < 4.78 is 0. The second-order valence-electron chi connectivity index (χ2n) is 6.46. The van der Waals surface area contributed by atoms with E-state index in [0.29, 0.717) is 12.5 Å². The third kappa shape index (κ3) is 2.99. The van der Waals surface area contributed by atoms with Crippen molar-refractivity contribution in [3.63, 3.8) is 0 Å². The quantitative estimate of drug-likeness (QED) is 0.838. The first-order chi connectivity index (χ1) is 8.84. The molecule has 0 fully saturated rings. The van der Waals surface area contributed by atoms with Crippen LogP contribution >= 0.6 is 11.3 Å². The Morgan fingerprint density at radius 1 is 1.42 bits per heavy atom. The van der Waals surface area contributed by atoms with Crippen molar-refractivity contribution >= 4 is 22.3 Å². The van der Waals surface area contributed by atoms with E-state index in [2.05, 4.69) is 39.6 Å². The lowest BCUT2D eigenvalue weighted by atomic mass is 9.78. The van der Waals surface area contributed by atoms with E-state index in [4.69, 9.17) is 4.98 Å². The number of nitrogens with zero attached hydrogens (tertiary/aromatic N) is 2. The minimum atomic E-state index is 0.0586. The number of ketones is 1. The highest BCUT2D eigenvalue weighted by Crippen LogP contribution is 2.39. The summed E-state index contributed by atoms with van der Waals surface area (Å²) in [7, 11) is 2.08. The highest BCUT2D eigenvalue weighted by Gasteiger charge is 2.34. The molecule has 0 radical (unpaired) electrons. The van der Waals surface area contributed by atoms with Gasteiger partial charge in [-0.3, -0.25) is 4.79 Å². The third-order valence-corrected chi connectivity index (χ3v) is 5.12. The number of aromatic nitrogens is 1. The van der Waals surface area contributed by atoms with Crippen LogP contribution in [0, 0.1) is 5.41 Å². The lowest BCUT2D eigenvalue weighted by molar-refractivity contribution is 0.0916. The fourth-order valence-electron chi connectivity index (χ4n) is 2.66. The number of rotatable bonds is 4. The molecule has 0 amide bonds. The van der Waals surface area contributed by atoms with Gasteiger partial charge in [-0.15, -0.1) is 0 Å². The molecule has 19 heavy (non-hydrogen) atoms. The molecule has 1 heterocycles. The predicted octanol–water partition coefficient (Wildman–Crippen LogP) is 3.92. The Balaban J connectivity index is 2.25. The van der Waals surface area contributed by atoms with Gasteiger partial charge in [0, 0.05) is 19.5 Å². The molecule has 0 saturated heterocycles. The summed E-state index contributed by atoms with van der Waals surface area (Å²) in [6.45, 7) is 8.71. The molecule has 106 valence electrons. The van der Waals surface area contributed by atoms with Gasteiger partial charge in [-0.05, 0) is 25.2 Å². The van der Waals surface area contributed by atoms with Crippen LogP contribution in [0.3, 0.4) is 0 Å². The van der Waals surface area contributed by atoms with E-state index in [-0.39, 0.29) is 11.2 Å². The highest BCUT2D eigenvalue weighted by atomic mass is 32.1. The maximum absolute atomic E-state index is 12.2. The summed E-state index contributed by atoms with van der Waals surface area (Å²) in [5.74, 6) is 0.270. The normalized spacial score (nSPS) is 19.1. The predicted molar refractivity (Wildman–Crippen MR) is 81.3 cm³/mol. The number of carbonyl (C=O) groups excluding carboxylic acids is 1. The molecule has 0 N–H and O–H groups in total. The lowest BCUT2D eigenvalue weighted by Crippen LogP contribution is -2.28. The zero-order valence-electron chi connectivity index (χ0n) is 12.6. The molecule has 1 aromatic rings. The van der Waals surface area contributed by atoms with Crippen molar-refractivity contribution in [1.29, 1.82) is 0 Å². The summed E-state index contributed by atoms with van der Waals surface area (Å²) in [6.07, 6.45) is 3.89. The fourth-order valence-corrected chi connectivity index (χ4v) is 3.74. The molecule has 4 heteroatoms. The van der Waals surface area contributed by atoms with Crippen LogP contribution in [0.1, 0.15) is 62.3 Å². The van der Waals surface area contributed by atoms with E-state index >= 15 is 0 Å². The zero-order valence-corrected chi connectivity index (χ0v) is 13.4. The highest BCUT2D eigenvalue weighted by molar-refractivity contribution is 7.17. The van der Waals surface area contributed by atoms with E-state index in [0.717, 1.165) is 28.5 Å². The van der Waals surface area contributed by atoms with Gasteiger partial charge in [0.2, 0.25) is 0 Å². The Hall–Kier alpha value is -0.900. The van der Waals surface area contributed by atoms with Crippen molar-refractivity contribution in [2.24, 2.45) is 5.41 Å². The molecular weight excluding hydrogens is 256 g/mol. The maximum atomic E-state index is 12.2. The Morgan fingerprint density at radius 2 is 2.11 bits per heavy atom. The topological polar surface area (TPSA) is 33.2 Å². The van der Waals surface area contributed by atoms with Crippen molar-refractivity contribution in [3.05, 3.63) is 10.6 Å². The van der Waals surface area contributed by atoms with Crippen molar-refractivity contribution in [1.82, 2.24) is 4.98 Å². The molecular formula is C15H24N2OS. The van der Waals surface area contributed by atoms with Gasteiger partial charge >= 0.3 is 0 Å². The van der Waals surface area contributed by atoms with Gasteiger partial charge in [-0.2, -0.15) is 0 Å². The van der Waals surface area contributed by atoms with Crippen LogP contribution in [0.2, 0.25) is 0 Å². The number of Topliss-reactive ketones (excluding diaryl/α,β-unsaturated/α-hetero) is 1. The maximum Gasteiger partial charge on any atom is 0.186 e. The van der Waals surface area contributed by atoms with Gasteiger partial charge in [0.05, 0.1) is 10.6 Å². The smallest absolute Gasteiger partial charge is 0.186 e. The molecule has 1 atom stereocenters. The number of hydrogen-bond acceptors (Lipinski definition) is 4. The summed E-state index contributed by atoms with van der Waals surface area (Å²) in [6, 6.07) is 0.473. The van der Waals surface area contributed by atoms with Gasteiger partial charge in [-0.1, -0.05) is 38.5 Å². The van der Waals surface area contributed by atoms with Gasteiger partial charge in [-0.25, -0.2) is 4.98 Å². The van der Waals surface area contributed by atoms with Crippen LogP contribution in [0.15, 0.2) is 0 Å². The van der Waals surface area contributed by atoms with Crippen LogP contribution in [0.25, 0.3) is 0 Å². The monoisotopic (exact) mass is 280 g/mol. The summed E-state index contributed by atoms with van der Waals surface area (Å²) in [5.41, 5.74) is 1.07. The molecule has 0 aromatic carbocycles. The number of thiazole rings is 1. The first-order valence-electron chi connectivity index (χ1n) is 7.10. The molecule has 2 rings (SSSR count). The summed E-state index contributed by atoms with van der Waals surface area (Å²) in [5, 5.41) is 0.997. The molecule has 0 bridgehead atoms. The van der Waals surface area contributed by atoms with Crippen LogP contribution in [-0.4, -0.2) is 23.9 Å². The molecule has 1 aromatic heterocycles. The number of carbonyl (C=O) groups is 1. The first kappa shape index (κ1) is 14.5. The third-order valence-electron chi connectivity index (χ3n) is 3.89. The molecule has 1 aliphatic rings. The number of anilines is 1. The average Bonchev–Trinajstić information content (AvgIpc) is 2.70. The molecule has 1 unspecified atom stereocenters. The minimum absolute atomic E-state index is 0.0586. The number of hydrogen-bond donors (Lipinski definition) is 0. The van der Waals surface area contributed by atoms with Gasteiger partial charge in [0.15, 0.2) is 10.9 Å². The minimum Gasteiger partial charge on any atom is -0.348 e. The van der Waals surface area contributed by atoms with Crippen LogP contribution < -0.4 is 4.90 Å². The average molecular weight is 280 g/mol. The van der Waals surface area contributed by atoms with E-state index in [1.807, 2.05) is 0 Å².